The third-order valence-corrected chi connectivity index (χ3v) is 4.24. The normalized spacial score (nSPS) is 24.1. The Morgan fingerprint density at radius 1 is 1.37 bits per heavy atom. The van der Waals surface area contributed by atoms with E-state index in [9.17, 15) is 4.79 Å². The van der Waals surface area contributed by atoms with Crippen molar-refractivity contribution in [1.82, 2.24) is 0 Å². The molecule has 102 valence electrons. The van der Waals surface area contributed by atoms with Gasteiger partial charge in [-0.15, -0.1) is 0 Å². The zero-order valence-electron chi connectivity index (χ0n) is 10.2. The molecule has 1 amide bonds. The van der Waals surface area contributed by atoms with E-state index < -0.39 is 0 Å². The molecule has 2 aliphatic rings. The molecule has 1 fully saturated rings. The molecule has 2 atom stereocenters. The van der Waals surface area contributed by atoms with Gasteiger partial charge >= 0.3 is 0 Å². The number of nitrogens with one attached hydrogen (secondary N) is 1. The minimum atomic E-state index is -0.131. The highest BCUT2D eigenvalue weighted by molar-refractivity contribution is 9.09. The first kappa shape index (κ1) is 12.9. The molecule has 2 unspecified atom stereocenters. The number of rotatable bonds is 2. The van der Waals surface area contributed by atoms with Crippen molar-refractivity contribution in [2.24, 2.45) is 0 Å². The molecule has 1 N–H and O–H groups in total. The van der Waals surface area contributed by atoms with Crippen LogP contribution < -0.4 is 10.1 Å². The quantitative estimate of drug-likeness (QED) is 0.842. The molecule has 2 aliphatic heterocycles. The number of anilines is 1. The highest BCUT2D eigenvalue weighted by atomic mass is 79.9. The van der Waals surface area contributed by atoms with E-state index in [1.165, 1.54) is 0 Å². The molecule has 1 aromatic rings. The maximum atomic E-state index is 11.3. The van der Waals surface area contributed by atoms with Gasteiger partial charge in [-0.3, -0.25) is 4.79 Å². The molecule has 1 saturated heterocycles. The lowest BCUT2D eigenvalue weighted by Gasteiger charge is -2.28. The summed E-state index contributed by atoms with van der Waals surface area (Å²) in [6, 6.07) is 5.74. The third kappa shape index (κ3) is 2.75. The lowest BCUT2D eigenvalue weighted by molar-refractivity contribution is -0.118. The molecular weight excluding hydrogens is 314 g/mol. The second-order valence-electron chi connectivity index (χ2n) is 4.48. The Labute approximate surface area is 119 Å². The van der Waals surface area contributed by atoms with Crippen molar-refractivity contribution in [2.45, 2.75) is 10.9 Å². The van der Waals surface area contributed by atoms with Gasteiger partial charge in [-0.25, -0.2) is 0 Å². The van der Waals surface area contributed by atoms with Crippen molar-refractivity contribution in [3.63, 3.8) is 0 Å². The second kappa shape index (κ2) is 5.48. The van der Waals surface area contributed by atoms with Crippen LogP contribution in [0.3, 0.4) is 0 Å². The van der Waals surface area contributed by atoms with E-state index in [1.807, 2.05) is 18.2 Å². The molecule has 0 aromatic heterocycles. The highest BCUT2D eigenvalue weighted by Gasteiger charge is 2.26. The van der Waals surface area contributed by atoms with E-state index in [1.54, 1.807) is 0 Å². The van der Waals surface area contributed by atoms with Crippen molar-refractivity contribution >= 4 is 27.5 Å². The van der Waals surface area contributed by atoms with Crippen molar-refractivity contribution in [1.29, 1.82) is 0 Å². The van der Waals surface area contributed by atoms with Crippen molar-refractivity contribution in [2.75, 3.05) is 31.7 Å². The molecule has 6 heteroatoms. The molecule has 19 heavy (non-hydrogen) atoms. The number of alkyl halides is 1. The summed E-state index contributed by atoms with van der Waals surface area (Å²) in [5, 5.41) is 2.80. The Morgan fingerprint density at radius 2 is 2.26 bits per heavy atom. The lowest BCUT2D eigenvalue weighted by atomic mass is 10.1. The number of ether oxygens (including phenoxy) is 3. The van der Waals surface area contributed by atoms with Crippen LogP contribution in [0.25, 0.3) is 0 Å². The number of halogens is 1. The second-order valence-corrected chi connectivity index (χ2v) is 5.46. The van der Waals surface area contributed by atoms with Crippen molar-refractivity contribution in [3.05, 3.63) is 23.8 Å². The van der Waals surface area contributed by atoms with Gasteiger partial charge in [-0.2, -0.15) is 0 Å². The van der Waals surface area contributed by atoms with Gasteiger partial charge in [0.1, 0.15) is 5.75 Å². The Morgan fingerprint density at radius 3 is 3.05 bits per heavy atom. The number of benzene rings is 1. The van der Waals surface area contributed by atoms with Gasteiger partial charge in [-0.1, -0.05) is 22.0 Å². The summed E-state index contributed by atoms with van der Waals surface area (Å²) in [6.45, 7) is 1.89. The fourth-order valence-corrected chi connectivity index (χ4v) is 2.75. The Balaban J connectivity index is 1.80. The topological polar surface area (TPSA) is 56.8 Å². The van der Waals surface area contributed by atoms with Crippen LogP contribution in [-0.2, 0) is 14.3 Å². The molecule has 0 aliphatic carbocycles. The first-order chi connectivity index (χ1) is 9.24. The van der Waals surface area contributed by atoms with E-state index in [0.717, 1.165) is 5.56 Å². The molecule has 5 nitrogen and oxygen atoms in total. The number of hydrogen-bond acceptors (Lipinski definition) is 4. The van der Waals surface area contributed by atoms with Crippen LogP contribution >= 0.6 is 15.9 Å². The Hall–Kier alpha value is -1.11. The largest absolute Gasteiger partial charge is 0.482 e. The Kier molecular flexibility index (Phi) is 3.72. The first-order valence-corrected chi connectivity index (χ1v) is 7.05. The molecule has 2 heterocycles. The summed E-state index contributed by atoms with van der Waals surface area (Å²) in [7, 11) is 0. The van der Waals surface area contributed by atoms with Crippen molar-refractivity contribution < 1.29 is 19.0 Å². The van der Waals surface area contributed by atoms with Crippen LogP contribution in [0.2, 0.25) is 0 Å². The standard InChI is InChI=1S/C13H14BrNO4/c14-13(11-6-17-3-4-18-11)8-1-2-10-9(5-8)15-12(16)7-19-10/h1-2,5,11,13H,3-4,6-7H2,(H,15,16). The summed E-state index contributed by atoms with van der Waals surface area (Å²) >= 11 is 3.63. The summed E-state index contributed by atoms with van der Waals surface area (Å²) in [5.74, 6) is 0.567. The number of hydrogen-bond donors (Lipinski definition) is 1. The zero-order chi connectivity index (χ0) is 13.2. The van der Waals surface area contributed by atoms with E-state index in [4.69, 9.17) is 14.2 Å². The van der Waals surface area contributed by atoms with Gasteiger partial charge in [0.25, 0.3) is 5.91 Å². The first-order valence-electron chi connectivity index (χ1n) is 6.14. The average molecular weight is 328 g/mol. The van der Waals surface area contributed by atoms with Gasteiger partial charge in [0.15, 0.2) is 6.61 Å². The maximum absolute atomic E-state index is 11.3. The van der Waals surface area contributed by atoms with Gasteiger partial charge in [0.05, 0.1) is 36.4 Å². The van der Waals surface area contributed by atoms with Gasteiger partial charge in [-0.05, 0) is 17.7 Å². The summed E-state index contributed by atoms with van der Waals surface area (Å²) in [5.41, 5.74) is 1.73. The number of carbonyl (C=O) groups is 1. The molecule has 0 spiro atoms. The van der Waals surface area contributed by atoms with E-state index >= 15 is 0 Å². The molecule has 0 radical (unpaired) electrons. The lowest BCUT2D eigenvalue weighted by Crippen LogP contribution is -2.32. The predicted molar refractivity (Wildman–Crippen MR) is 72.8 cm³/mol. The highest BCUT2D eigenvalue weighted by Crippen LogP contribution is 2.36. The van der Waals surface area contributed by atoms with Crippen LogP contribution in [0.1, 0.15) is 10.4 Å². The van der Waals surface area contributed by atoms with Crippen LogP contribution in [0, 0.1) is 0 Å². The van der Waals surface area contributed by atoms with E-state index in [2.05, 4.69) is 21.2 Å². The number of fused-ring (bicyclic) bond motifs is 1. The average Bonchev–Trinajstić information content (AvgIpc) is 2.46. The minimum Gasteiger partial charge on any atom is -0.482 e. The van der Waals surface area contributed by atoms with Gasteiger partial charge in [0, 0.05) is 0 Å². The summed E-state index contributed by atoms with van der Waals surface area (Å²) < 4.78 is 16.4. The molecule has 1 aromatic carbocycles. The molecule has 0 bridgehead atoms. The fraction of sp³-hybridized carbons (Fsp3) is 0.462. The van der Waals surface area contributed by atoms with Crippen LogP contribution in [-0.4, -0.2) is 38.4 Å². The van der Waals surface area contributed by atoms with Crippen LogP contribution in [0.5, 0.6) is 5.75 Å². The zero-order valence-corrected chi connectivity index (χ0v) is 11.8. The molecule has 0 saturated carbocycles. The van der Waals surface area contributed by atoms with Crippen LogP contribution in [0.4, 0.5) is 5.69 Å². The summed E-state index contributed by atoms with van der Waals surface area (Å²) in [6.07, 6.45) is -0.0213. The van der Waals surface area contributed by atoms with Gasteiger partial charge < -0.3 is 19.5 Å². The van der Waals surface area contributed by atoms with E-state index in [-0.39, 0.29) is 23.4 Å². The third-order valence-electron chi connectivity index (χ3n) is 3.12. The Bertz CT molecular complexity index is 488. The minimum absolute atomic E-state index is 0.0213. The fourth-order valence-electron chi connectivity index (χ4n) is 2.16. The van der Waals surface area contributed by atoms with Crippen LogP contribution in [0.15, 0.2) is 18.2 Å². The van der Waals surface area contributed by atoms with Gasteiger partial charge in [0.2, 0.25) is 0 Å². The maximum Gasteiger partial charge on any atom is 0.262 e. The van der Waals surface area contributed by atoms with E-state index in [0.29, 0.717) is 31.3 Å². The molecule has 3 rings (SSSR count). The number of amides is 1. The monoisotopic (exact) mass is 327 g/mol. The van der Waals surface area contributed by atoms with Crippen molar-refractivity contribution in [3.8, 4) is 5.75 Å². The summed E-state index contributed by atoms with van der Waals surface area (Å²) in [4.78, 5) is 11.3. The smallest absolute Gasteiger partial charge is 0.262 e. The predicted octanol–water partition coefficient (Wildman–Crippen LogP) is 1.87. The number of carbonyl (C=O) groups excluding carboxylic acids is 1. The molecular formula is C13H14BrNO4. The SMILES string of the molecule is O=C1COc2ccc(C(Br)C3COCCO3)cc2N1.